The van der Waals surface area contributed by atoms with Crippen LogP contribution in [0.15, 0.2) is 0 Å². The van der Waals surface area contributed by atoms with Crippen LogP contribution >= 0.6 is 0 Å². The van der Waals surface area contributed by atoms with E-state index in [4.69, 9.17) is 0 Å². The van der Waals surface area contributed by atoms with Crippen LogP contribution in [0.25, 0.3) is 0 Å². The van der Waals surface area contributed by atoms with Gasteiger partial charge in [-0.3, -0.25) is 4.90 Å². The zero-order valence-corrected chi connectivity index (χ0v) is 54.5. The van der Waals surface area contributed by atoms with Gasteiger partial charge in [0, 0.05) is 35.7 Å². The van der Waals surface area contributed by atoms with Crippen LogP contribution in [0, 0.1) is 5.92 Å². The molecule has 2 unspecified atom stereocenters. The Kier molecular flexibility index (Phi) is 29.6. The van der Waals surface area contributed by atoms with Crippen LogP contribution < -0.4 is 0 Å². The fourth-order valence-electron chi connectivity index (χ4n) is 10.8. The average molecular weight is 1030 g/mol. The van der Waals surface area contributed by atoms with Gasteiger partial charge in [-0.05, 0) is 129 Å². The van der Waals surface area contributed by atoms with Crippen molar-refractivity contribution in [2.45, 2.75) is 187 Å². The Labute approximate surface area is 454 Å². The molecule has 0 aliphatic carbocycles. The Morgan fingerprint density at radius 2 is 0.750 bits per heavy atom. The third kappa shape index (κ3) is 22.8. The summed E-state index contributed by atoms with van der Waals surface area (Å²) < 4.78 is 7.40. The molecule has 12 heteroatoms. The van der Waals surface area contributed by atoms with E-state index in [1.165, 1.54) is 211 Å². The van der Waals surface area contributed by atoms with Crippen LogP contribution in [0.4, 0.5) is 0 Å². The molecule has 0 aromatic heterocycles. The zero-order valence-electron chi connectivity index (χ0n) is 54.5. The van der Waals surface area contributed by atoms with Gasteiger partial charge in [0.1, 0.15) is 40.0 Å². The molecule has 0 saturated carbocycles. The second-order valence-electron chi connectivity index (χ2n) is 28.1. The van der Waals surface area contributed by atoms with Crippen molar-refractivity contribution in [1.82, 2.24) is 29.4 Å². The van der Waals surface area contributed by atoms with Crippen LogP contribution in [-0.2, 0) is 0 Å². The van der Waals surface area contributed by atoms with E-state index in [0.717, 1.165) is 24.0 Å². The molecule has 8 atom stereocenters. The van der Waals surface area contributed by atoms with Crippen molar-refractivity contribution in [3.8, 4) is 0 Å². The van der Waals surface area contributed by atoms with Gasteiger partial charge in [0.05, 0.1) is 160 Å². The van der Waals surface area contributed by atoms with Crippen molar-refractivity contribution in [3.05, 3.63) is 0 Å². The van der Waals surface area contributed by atoms with E-state index in [1.807, 2.05) is 0 Å². The second kappa shape index (κ2) is 30.6. The van der Waals surface area contributed by atoms with Gasteiger partial charge in [-0.1, -0.05) is 34.6 Å². The van der Waals surface area contributed by atoms with Gasteiger partial charge in [0.15, 0.2) is 0 Å². The van der Waals surface area contributed by atoms with Gasteiger partial charge in [-0.2, -0.15) is 0 Å². The molecule has 0 spiro atoms. The summed E-state index contributed by atoms with van der Waals surface area (Å²) in [4.78, 5) is 15.6. The first-order valence-electron chi connectivity index (χ1n) is 30.6. The lowest BCUT2D eigenvalue weighted by Crippen LogP contribution is -2.47. The summed E-state index contributed by atoms with van der Waals surface area (Å²) in [6.07, 6.45) is 3.82. The third-order valence-corrected chi connectivity index (χ3v) is 20.0. The summed E-state index contributed by atoms with van der Waals surface area (Å²) in [6, 6.07) is 2.24. The fourth-order valence-corrected chi connectivity index (χ4v) is 10.8. The van der Waals surface area contributed by atoms with Crippen molar-refractivity contribution in [2.75, 3.05) is 207 Å². The van der Waals surface area contributed by atoms with Gasteiger partial charge in [0.25, 0.3) is 0 Å². The molecular formula is C60H138N12+6. The van der Waals surface area contributed by atoms with Crippen LogP contribution in [0.5, 0.6) is 0 Å². The molecule has 6 aliphatic heterocycles. The molecule has 6 heterocycles. The molecule has 0 bridgehead atoms. The van der Waals surface area contributed by atoms with E-state index >= 15 is 0 Å². The van der Waals surface area contributed by atoms with Crippen molar-refractivity contribution >= 4 is 0 Å². The molecule has 6 fully saturated rings. The molecule has 0 N–H and O–H groups in total. The molecular weight excluding hydrogens is 889 g/mol. The minimum Gasteiger partial charge on any atom is -0.313 e. The van der Waals surface area contributed by atoms with Crippen molar-refractivity contribution < 1.29 is 26.9 Å². The number of hydrogen-bond acceptors (Lipinski definition) is 6. The standard InChI is InChI=1S/2C11H25N2.2C10H23N2.2C9H21N2/c1-6-13(5)8-7-12(9-13)11(4)10(2)3;1-6-11(3,4)12-8-9-13(5,7-2)10-12;1-6-12(5)8-7-11(9-12)10(2,3)4;1-5-10(3)11-7-8-12(4,6-2)9-11;1-5-11(4)7-6-10(8-11)9(2)3;1-4-6-10-7-8-11(3,5-2)9-10/h10-11H,6-9H2,1-5H3;6-10H2,1-5H3;6-9H2,1-5H3;10H,5-9H2,1-4H3;9H,5-8H2,1-4H3;4-9H2,1-3H3/q6*+1/t11?,13-;13-;12-;10?,12-;2*11-/m111111/s1. The lowest BCUT2D eigenvalue weighted by Gasteiger charge is -2.35. The zero-order chi connectivity index (χ0) is 55.6. The van der Waals surface area contributed by atoms with E-state index in [2.05, 4.69) is 210 Å². The van der Waals surface area contributed by atoms with Crippen LogP contribution in [-0.4, -0.2) is 292 Å². The van der Waals surface area contributed by atoms with Crippen LogP contribution in [0.2, 0.25) is 0 Å². The predicted octanol–water partition coefficient (Wildman–Crippen LogP) is 9.00. The fraction of sp³-hybridized carbons (Fsp3) is 1.00. The van der Waals surface area contributed by atoms with Crippen molar-refractivity contribution in [2.24, 2.45) is 5.92 Å². The Bertz CT molecular complexity index is 1460. The summed E-state index contributed by atoms with van der Waals surface area (Å²) in [5.41, 5.74) is 0.746. The van der Waals surface area contributed by atoms with Crippen LogP contribution in [0.1, 0.15) is 158 Å². The first-order chi connectivity index (χ1) is 33.2. The number of quaternary nitrogens is 6. The largest absolute Gasteiger partial charge is 0.313 e. The molecule has 0 aromatic carbocycles. The monoisotopic (exact) mass is 1030 g/mol. The lowest BCUT2D eigenvalue weighted by molar-refractivity contribution is -0.900. The maximum Gasteiger partial charge on any atom is 0.135 e. The summed E-state index contributed by atoms with van der Waals surface area (Å²) in [5, 5.41) is 0. The number of rotatable bonds is 15. The van der Waals surface area contributed by atoms with Gasteiger partial charge < -0.3 is 26.9 Å². The predicted molar refractivity (Wildman–Crippen MR) is 317 cm³/mol. The number of hydrogen-bond donors (Lipinski definition) is 0. The van der Waals surface area contributed by atoms with Gasteiger partial charge >= 0.3 is 0 Å². The van der Waals surface area contributed by atoms with Gasteiger partial charge in [0.2, 0.25) is 0 Å². The van der Waals surface area contributed by atoms with E-state index in [1.54, 1.807) is 0 Å². The molecule has 6 aliphatic rings. The van der Waals surface area contributed by atoms with Crippen LogP contribution in [0.3, 0.4) is 0 Å². The number of nitrogens with zero attached hydrogens (tertiary/aromatic N) is 12. The lowest BCUT2D eigenvalue weighted by atomic mass is 10.0. The molecule has 6 rings (SSSR count). The quantitative estimate of drug-likeness (QED) is 0.152. The van der Waals surface area contributed by atoms with E-state index in [9.17, 15) is 0 Å². The molecule has 432 valence electrons. The van der Waals surface area contributed by atoms with Gasteiger partial charge in [-0.25, -0.2) is 24.5 Å². The summed E-state index contributed by atoms with van der Waals surface area (Å²) in [5.74, 6) is 0.781. The maximum absolute atomic E-state index is 2.64. The van der Waals surface area contributed by atoms with Gasteiger partial charge in [-0.15, -0.1) is 0 Å². The minimum atomic E-state index is 0.352. The molecule has 0 amide bonds. The highest BCUT2D eigenvalue weighted by molar-refractivity contribution is 4.81. The average Bonchev–Trinajstić information content (AvgIpc) is 4.23. The normalized spacial score (nSPS) is 32.8. The SMILES string of the molecule is CCC(C)(C)N1CC[N@@+](C)(CC)C1.CCC(C)N1CC[N@@+](C)(CC)C1.CCCN1CC[N@@+](C)(CC)C1.CC[N@+]1(C)CCN(C(C)(C)C)C1.CC[N@+]1(C)CCN(C(C)C(C)C)C1.CC[N@+]1(C)CCN(C(C)C)C1. The molecule has 12 nitrogen and oxygen atoms in total. The van der Waals surface area contributed by atoms with E-state index in [-0.39, 0.29) is 0 Å². The molecule has 72 heavy (non-hydrogen) atoms. The summed E-state index contributed by atoms with van der Waals surface area (Å²) >= 11 is 0. The Morgan fingerprint density at radius 1 is 0.403 bits per heavy atom. The first kappa shape index (κ1) is 69.5. The third-order valence-electron chi connectivity index (χ3n) is 20.0. The Morgan fingerprint density at radius 3 is 1.07 bits per heavy atom. The van der Waals surface area contributed by atoms with E-state index in [0.29, 0.717) is 11.1 Å². The summed E-state index contributed by atoms with van der Waals surface area (Å²) in [7, 11) is 14.2. The smallest absolute Gasteiger partial charge is 0.135 e. The topological polar surface area (TPSA) is 19.4 Å². The Balaban J connectivity index is 0.000000432. The second-order valence-corrected chi connectivity index (χ2v) is 28.1. The highest BCUT2D eigenvalue weighted by Crippen LogP contribution is 2.26. The maximum atomic E-state index is 2.64. The molecule has 6 saturated heterocycles. The summed E-state index contributed by atoms with van der Waals surface area (Å²) in [6.45, 7) is 78.1. The minimum absolute atomic E-state index is 0.352. The molecule has 0 radical (unpaired) electrons. The van der Waals surface area contributed by atoms with Crippen molar-refractivity contribution in [3.63, 3.8) is 0 Å². The van der Waals surface area contributed by atoms with Crippen molar-refractivity contribution in [1.29, 1.82) is 0 Å². The first-order valence-corrected chi connectivity index (χ1v) is 30.6. The van der Waals surface area contributed by atoms with E-state index < -0.39 is 0 Å². The highest BCUT2D eigenvalue weighted by Gasteiger charge is 2.40. The number of likely N-dealkylation sites (N-methyl/N-ethyl adjacent to an activating group) is 6. The highest BCUT2D eigenvalue weighted by atomic mass is 15.5. The Hall–Kier alpha value is -0.480. The molecule has 0 aromatic rings.